The molecule has 10 heteroatoms. The number of hydrogen-bond donors (Lipinski definition) is 3. The second kappa shape index (κ2) is 6.99. The largest absolute Gasteiger partial charge is 0.477 e. The molecule has 0 aliphatic carbocycles. The van der Waals surface area contributed by atoms with E-state index in [0.717, 1.165) is 6.26 Å². The molecule has 8 nitrogen and oxygen atoms in total. The second-order valence-electron chi connectivity index (χ2n) is 4.64. The molecule has 124 valence electrons. The van der Waals surface area contributed by atoms with E-state index in [1.54, 1.807) is 24.3 Å². The molecule has 0 unspecified atom stereocenters. The Labute approximate surface area is 137 Å². The molecule has 1 aromatic heterocycles. The van der Waals surface area contributed by atoms with Gasteiger partial charge in [0, 0.05) is 23.7 Å². The van der Waals surface area contributed by atoms with Crippen molar-refractivity contribution in [3.8, 4) is 11.3 Å². The van der Waals surface area contributed by atoms with Gasteiger partial charge in [0.15, 0.2) is 17.1 Å². The molecule has 0 aliphatic heterocycles. The van der Waals surface area contributed by atoms with Crippen molar-refractivity contribution >= 4 is 33.4 Å². The molecule has 0 saturated carbocycles. The van der Waals surface area contributed by atoms with E-state index >= 15 is 0 Å². The topological polar surface area (TPSA) is 122 Å². The minimum atomic E-state index is -3.31. The fourth-order valence-corrected chi connectivity index (χ4v) is 2.42. The zero-order valence-electron chi connectivity index (χ0n) is 12.0. The minimum Gasteiger partial charge on any atom is -0.477 e. The van der Waals surface area contributed by atoms with Gasteiger partial charge in [0.25, 0.3) is 0 Å². The Morgan fingerprint density at radius 2 is 1.96 bits per heavy atom. The third-order valence-corrected chi connectivity index (χ3v) is 3.77. The maximum atomic E-state index is 11.5. The molecule has 1 heterocycles. The average molecular weight is 360 g/mol. The smallest absolute Gasteiger partial charge is 0.343 e. The molecule has 0 bridgehead atoms. The summed E-state index contributed by atoms with van der Waals surface area (Å²) in [5.41, 5.74) is 0.383. The summed E-state index contributed by atoms with van der Waals surface area (Å²) in [5, 5.41) is 16.3. The SMILES string of the molecule is CS(=O)(=O)NCCNc1noc(-c2ccc(Cl)cc2)c1C(=O)O. The molecule has 2 aromatic rings. The van der Waals surface area contributed by atoms with Gasteiger partial charge < -0.3 is 14.9 Å². The van der Waals surface area contributed by atoms with Crippen molar-refractivity contribution in [2.75, 3.05) is 24.7 Å². The molecular weight excluding hydrogens is 346 g/mol. The third-order valence-electron chi connectivity index (χ3n) is 2.79. The lowest BCUT2D eigenvalue weighted by molar-refractivity contribution is 0.0698. The van der Waals surface area contributed by atoms with Crippen LogP contribution in [0.1, 0.15) is 10.4 Å². The number of benzene rings is 1. The number of halogens is 1. The van der Waals surface area contributed by atoms with Crippen molar-refractivity contribution in [1.29, 1.82) is 0 Å². The highest BCUT2D eigenvalue weighted by Crippen LogP contribution is 2.30. The van der Waals surface area contributed by atoms with Crippen molar-refractivity contribution in [1.82, 2.24) is 9.88 Å². The highest BCUT2D eigenvalue weighted by Gasteiger charge is 2.23. The summed E-state index contributed by atoms with van der Waals surface area (Å²) in [6.45, 7) is 0.237. The average Bonchev–Trinajstić information content (AvgIpc) is 2.87. The summed E-state index contributed by atoms with van der Waals surface area (Å²) in [5.74, 6) is -1.10. The van der Waals surface area contributed by atoms with Crippen LogP contribution in [0.4, 0.5) is 5.82 Å². The van der Waals surface area contributed by atoms with Crippen LogP contribution in [0.3, 0.4) is 0 Å². The van der Waals surface area contributed by atoms with E-state index in [1.807, 2.05) is 0 Å². The molecule has 0 atom stereocenters. The number of hydrogen-bond acceptors (Lipinski definition) is 6. The van der Waals surface area contributed by atoms with Crippen LogP contribution >= 0.6 is 11.6 Å². The number of carboxylic acid groups (broad SMARTS) is 1. The van der Waals surface area contributed by atoms with E-state index in [2.05, 4.69) is 15.2 Å². The first-order valence-corrected chi connectivity index (χ1v) is 8.72. The van der Waals surface area contributed by atoms with E-state index in [9.17, 15) is 18.3 Å². The van der Waals surface area contributed by atoms with Gasteiger partial charge in [-0.25, -0.2) is 17.9 Å². The van der Waals surface area contributed by atoms with Gasteiger partial charge in [-0.2, -0.15) is 0 Å². The Balaban J connectivity index is 2.18. The maximum Gasteiger partial charge on any atom is 0.343 e. The first kappa shape index (κ1) is 17.3. The molecule has 0 amide bonds. The van der Waals surface area contributed by atoms with Crippen molar-refractivity contribution in [3.63, 3.8) is 0 Å². The molecule has 23 heavy (non-hydrogen) atoms. The molecule has 0 fully saturated rings. The molecule has 1 aromatic carbocycles. The van der Waals surface area contributed by atoms with Gasteiger partial charge in [0.05, 0.1) is 6.26 Å². The van der Waals surface area contributed by atoms with Gasteiger partial charge in [-0.05, 0) is 24.3 Å². The highest BCUT2D eigenvalue weighted by molar-refractivity contribution is 7.88. The summed E-state index contributed by atoms with van der Waals surface area (Å²) < 4.78 is 29.3. The molecule has 3 N–H and O–H groups in total. The minimum absolute atomic E-state index is 0.0257. The quantitative estimate of drug-likeness (QED) is 0.642. The number of anilines is 1. The molecule has 0 radical (unpaired) electrons. The Morgan fingerprint density at radius 1 is 1.30 bits per heavy atom. The standard InChI is InChI=1S/C13H14ClN3O5S/c1-23(20,21)16-7-6-15-12-10(13(18)19)11(22-17-12)8-2-4-9(14)5-3-8/h2-5,16H,6-7H2,1H3,(H,15,17)(H,18,19). The normalized spacial score (nSPS) is 11.4. The van der Waals surface area contributed by atoms with E-state index < -0.39 is 16.0 Å². The highest BCUT2D eigenvalue weighted by atomic mass is 35.5. The van der Waals surface area contributed by atoms with Crippen LogP contribution in [0.15, 0.2) is 28.8 Å². The number of carboxylic acids is 1. The van der Waals surface area contributed by atoms with Gasteiger partial charge >= 0.3 is 5.97 Å². The van der Waals surface area contributed by atoms with Gasteiger partial charge in [-0.15, -0.1) is 0 Å². The lowest BCUT2D eigenvalue weighted by Gasteiger charge is -2.04. The van der Waals surface area contributed by atoms with E-state index in [0.29, 0.717) is 10.6 Å². The van der Waals surface area contributed by atoms with E-state index in [1.165, 1.54) is 0 Å². The molecule has 0 spiro atoms. The van der Waals surface area contributed by atoms with Crippen molar-refractivity contribution in [2.45, 2.75) is 0 Å². The van der Waals surface area contributed by atoms with Crippen LogP contribution < -0.4 is 10.0 Å². The Bertz CT molecular complexity index is 802. The predicted molar refractivity (Wildman–Crippen MR) is 85.2 cm³/mol. The van der Waals surface area contributed by atoms with E-state index in [-0.39, 0.29) is 30.2 Å². The number of carbonyl (C=O) groups is 1. The van der Waals surface area contributed by atoms with Gasteiger partial charge in [-0.3, -0.25) is 0 Å². The fraction of sp³-hybridized carbons (Fsp3) is 0.231. The zero-order chi connectivity index (χ0) is 17.0. The van der Waals surface area contributed by atoms with Gasteiger partial charge in [-0.1, -0.05) is 16.8 Å². The number of aromatic nitrogens is 1. The molecule has 0 saturated heterocycles. The number of nitrogens with one attached hydrogen (secondary N) is 2. The summed E-state index contributed by atoms with van der Waals surface area (Å²) in [6, 6.07) is 6.44. The summed E-state index contributed by atoms with van der Waals surface area (Å²) in [4.78, 5) is 11.5. The van der Waals surface area contributed by atoms with Crippen LogP contribution in [0, 0.1) is 0 Å². The lowest BCUT2D eigenvalue weighted by Crippen LogP contribution is -2.28. The first-order valence-electron chi connectivity index (χ1n) is 6.45. The summed E-state index contributed by atoms with van der Waals surface area (Å²) in [6.07, 6.45) is 1.03. The van der Waals surface area contributed by atoms with Crippen LogP contribution in [0.5, 0.6) is 0 Å². The number of sulfonamides is 1. The molecule has 0 aliphatic rings. The van der Waals surface area contributed by atoms with E-state index in [4.69, 9.17) is 16.1 Å². The Morgan fingerprint density at radius 3 is 2.52 bits per heavy atom. The van der Waals surface area contributed by atoms with Crippen LogP contribution in [0.25, 0.3) is 11.3 Å². The van der Waals surface area contributed by atoms with Crippen LogP contribution in [-0.4, -0.2) is 44.0 Å². The second-order valence-corrected chi connectivity index (χ2v) is 6.91. The fourth-order valence-electron chi connectivity index (χ4n) is 1.82. The summed E-state index contributed by atoms with van der Waals surface area (Å²) in [7, 11) is -3.31. The van der Waals surface area contributed by atoms with Crippen LogP contribution in [0.2, 0.25) is 5.02 Å². The molecular formula is C13H14ClN3O5S. The summed E-state index contributed by atoms with van der Waals surface area (Å²) >= 11 is 5.80. The first-order chi connectivity index (χ1) is 10.8. The van der Waals surface area contributed by atoms with Crippen LogP contribution in [-0.2, 0) is 10.0 Å². The number of aromatic carboxylic acids is 1. The van der Waals surface area contributed by atoms with Gasteiger partial charge in [0.1, 0.15) is 0 Å². The number of nitrogens with zero attached hydrogens (tertiary/aromatic N) is 1. The van der Waals surface area contributed by atoms with Gasteiger partial charge in [0.2, 0.25) is 10.0 Å². The third kappa shape index (κ3) is 4.68. The predicted octanol–water partition coefficient (Wildman–Crippen LogP) is 1.65. The molecule has 2 rings (SSSR count). The monoisotopic (exact) mass is 359 g/mol. The maximum absolute atomic E-state index is 11.5. The van der Waals surface area contributed by atoms with Crippen molar-refractivity contribution < 1.29 is 22.8 Å². The Hall–Kier alpha value is -2.10. The lowest BCUT2D eigenvalue weighted by atomic mass is 10.1. The number of rotatable bonds is 7. The zero-order valence-corrected chi connectivity index (χ0v) is 13.6. The Kier molecular flexibility index (Phi) is 5.24. The van der Waals surface area contributed by atoms with Crippen molar-refractivity contribution in [2.24, 2.45) is 0 Å². The van der Waals surface area contributed by atoms with Crippen molar-refractivity contribution in [3.05, 3.63) is 34.9 Å².